The van der Waals surface area contributed by atoms with Crippen LogP contribution in [0.15, 0.2) is 16.6 Å². The lowest BCUT2D eigenvalue weighted by Crippen LogP contribution is -2.18. The minimum absolute atomic E-state index is 0.139. The first kappa shape index (κ1) is 12.6. The van der Waals surface area contributed by atoms with Gasteiger partial charge in [-0.2, -0.15) is 0 Å². The Morgan fingerprint density at radius 2 is 2.00 bits per heavy atom. The zero-order valence-electron chi connectivity index (χ0n) is 7.51. The standard InChI is InChI=1S/C8H5BrF3NO3/c9-6-4(7(14)15)1-3(13)2-5(6)16-8(10,11)12/h1-2H,13H2,(H,14,15). The highest BCUT2D eigenvalue weighted by Crippen LogP contribution is 2.35. The Morgan fingerprint density at radius 1 is 1.44 bits per heavy atom. The molecular formula is C8H5BrF3NO3. The molecule has 0 aliphatic heterocycles. The average molecular weight is 300 g/mol. The number of aromatic carboxylic acids is 1. The number of rotatable bonds is 2. The number of nitrogens with two attached hydrogens (primary N) is 1. The Bertz CT molecular complexity index is 433. The lowest BCUT2D eigenvalue weighted by Gasteiger charge is -2.12. The van der Waals surface area contributed by atoms with E-state index in [0.717, 1.165) is 12.1 Å². The van der Waals surface area contributed by atoms with Crippen molar-refractivity contribution < 1.29 is 27.8 Å². The van der Waals surface area contributed by atoms with E-state index in [2.05, 4.69) is 20.7 Å². The zero-order chi connectivity index (χ0) is 12.5. The average Bonchev–Trinajstić information content (AvgIpc) is 2.07. The van der Waals surface area contributed by atoms with Crippen molar-refractivity contribution in [2.24, 2.45) is 0 Å². The first-order chi connectivity index (χ1) is 7.20. The van der Waals surface area contributed by atoms with Gasteiger partial charge in [-0.25, -0.2) is 4.79 Å². The number of carbonyl (C=O) groups is 1. The van der Waals surface area contributed by atoms with Crippen molar-refractivity contribution >= 4 is 27.6 Å². The number of benzene rings is 1. The molecule has 0 unspecified atom stereocenters. The minimum atomic E-state index is -4.91. The lowest BCUT2D eigenvalue weighted by atomic mass is 10.2. The Hall–Kier alpha value is -1.44. The van der Waals surface area contributed by atoms with Gasteiger partial charge in [0.15, 0.2) is 0 Å². The molecule has 1 aromatic carbocycles. The van der Waals surface area contributed by atoms with Gasteiger partial charge in [-0.1, -0.05) is 0 Å². The summed E-state index contributed by atoms with van der Waals surface area (Å²) in [6, 6.07) is 1.90. The molecule has 0 aliphatic carbocycles. The number of halogens is 4. The third-order valence-electron chi connectivity index (χ3n) is 1.52. The van der Waals surface area contributed by atoms with E-state index in [1.54, 1.807) is 0 Å². The van der Waals surface area contributed by atoms with Gasteiger partial charge in [0.05, 0.1) is 10.0 Å². The Balaban J connectivity index is 3.25. The second-order valence-electron chi connectivity index (χ2n) is 2.73. The molecular weight excluding hydrogens is 295 g/mol. The minimum Gasteiger partial charge on any atom is -0.478 e. The van der Waals surface area contributed by atoms with E-state index >= 15 is 0 Å². The molecule has 0 saturated carbocycles. The van der Waals surface area contributed by atoms with Crippen LogP contribution in [0.25, 0.3) is 0 Å². The van der Waals surface area contributed by atoms with Crippen molar-refractivity contribution in [3.63, 3.8) is 0 Å². The summed E-state index contributed by atoms with van der Waals surface area (Å²) in [5.41, 5.74) is 4.71. The number of carboxylic acids is 1. The van der Waals surface area contributed by atoms with Crippen LogP contribution >= 0.6 is 15.9 Å². The second kappa shape index (κ2) is 4.20. The quantitative estimate of drug-likeness (QED) is 0.824. The third kappa shape index (κ3) is 3.02. The smallest absolute Gasteiger partial charge is 0.478 e. The van der Waals surface area contributed by atoms with Crippen molar-refractivity contribution in [2.75, 3.05) is 5.73 Å². The van der Waals surface area contributed by atoms with Gasteiger partial charge in [0, 0.05) is 11.8 Å². The Kier molecular flexibility index (Phi) is 3.32. The number of alkyl halides is 3. The number of ether oxygens (including phenoxy) is 1. The van der Waals surface area contributed by atoms with Crippen molar-refractivity contribution in [3.05, 3.63) is 22.2 Å². The molecule has 0 spiro atoms. The summed E-state index contributed by atoms with van der Waals surface area (Å²) in [6.07, 6.45) is -4.91. The summed E-state index contributed by atoms with van der Waals surface area (Å²) in [6.45, 7) is 0. The predicted octanol–water partition coefficient (Wildman–Crippen LogP) is 2.63. The molecule has 0 saturated heterocycles. The molecule has 0 bridgehead atoms. The molecule has 0 amide bonds. The van der Waals surface area contributed by atoms with E-state index in [1.165, 1.54) is 0 Å². The van der Waals surface area contributed by atoms with Crippen LogP contribution in [0.1, 0.15) is 10.4 Å². The van der Waals surface area contributed by atoms with Crippen molar-refractivity contribution in [2.45, 2.75) is 6.36 Å². The molecule has 88 valence electrons. The van der Waals surface area contributed by atoms with Crippen molar-refractivity contribution in [1.82, 2.24) is 0 Å². The van der Waals surface area contributed by atoms with Crippen LogP contribution in [0.3, 0.4) is 0 Å². The van der Waals surface area contributed by atoms with E-state index < -0.39 is 23.6 Å². The first-order valence-corrected chi connectivity index (χ1v) is 4.58. The number of nitrogen functional groups attached to an aromatic ring is 1. The fourth-order valence-corrected chi connectivity index (χ4v) is 1.45. The first-order valence-electron chi connectivity index (χ1n) is 3.79. The van der Waals surface area contributed by atoms with Gasteiger partial charge in [0.25, 0.3) is 0 Å². The zero-order valence-corrected chi connectivity index (χ0v) is 9.09. The van der Waals surface area contributed by atoms with Crippen LogP contribution in [0.2, 0.25) is 0 Å². The van der Waals surface area contributed by atoms with Crippen LogP contribution < -0.4 is 10.5 Å². The molecule has 8 heteroatoms. The van der Waals surface area contributed by atoms with Crippen LogP contribution in [0.4, 0.5) is 18.9 Å². The molecule has 0 heterocycles. The van der Waals surface area contributed by atoms with Crippen molar-refractivity contribution in [3.8, 4) is 5.75 Å². The fourth-order valence-electron chi connectivity index (χ4n) is 0.974. The highest BCUT2D eigenvalue weighted by molar-refractivity contribution is 9.10. The van der Waals surface area contributed by atoms with Crippen LogP contribution in [-0.4, -0.2) is 17.4 Å². The van der Waals surface area contributed by atoms with Crippen molar-refractivity contribution in [1.29, 1.82) is 0 Å². The fraction of sp³-hybridized carbons (Fsp3) is 0.125. The van der Waals surface area contributed by atoms with E-state index in [4.69, 9.17) is 10.8 Å². The number of hydrogen-bond donors (Lipinski definition) is 2. The summed E-state index contributed by atoms with van der Waals surface area (Å²) in [5, 5.41) is 8.69. The SMILES string of the molecule is Nc1cc(OC(F)(F)F)c(Br)c(C(=O)O)c1. The van der Waals surface area contributed by atoms with E-state index in [0.29, 0.717) is 0 Å². The maximum atomic E-state index is 12.0. The Labute approximate surface area is 95.9 Å². The summed E-state index contributed by atoms with van der Waals surface area (Å²) >= 11 is 2.71. The molecule has 0 aliphatic rings. The van der Waals surface area contributed by atoms with Gasteiger partial charge >= 0.3 is 12.3 Å². The normalized spacial score (nSPS) is 11.2. The summed E-state index contributed by atoms with van der Waals surface area (Å²) in [7, 11) is 0. The second-order valence-corrected chi connectivity index (χ2v) is 3.53. The van der Waals surface area contributed by atoms with E-state index in [-0.39, 0.29) is 10.2 Å². The van der Waals surface area contributed by atoms with Gasteiger partial charge in [-0.15, -0.1) is 13.2 Å². The lowest BCUT2D eigenvalue weighted by molar-refractivity contribution is -0.274. The van der Waals surface area contributed by atoms with Gasteiger partial charge in [0.1, 0.15) is 5.75 Å². The van der Waals surface area contributed by atoms with Crippen LogP contribution in [-0.2, 0) is 0 Å². The van der Waals surface area contributed by atoms with Gasteiger partial charge in [0.2, 0.25) is 0 Å². The van der Waals surface area contributed by atoms with Gasteiger partial charge in [-0.3, -0.25) is 0 Å². The van der Waals surface area contributed by atoms with Crippen LogP contribution in [0, 0.1) is 0 Å². The largest absolute Gasteiger partial charge is 0.573 e. The molecule has 1 aromatic rings. The van der Waals surface area contributed by atoms with E-state index in [9.17, 15) is 18.0 Å². The molecule has 4 nitrogen and oxygen atoms in total. The van der Waals surface area contributed by atoms with Gasteiger partial charge < -0.3 is 15.6 Å². The number of anilines is 1. The summed E-state index contributed by atoms with van der Waals surface area (Å²) in [4.78, 5) is 10.7. The predicted molar refractivity (Wildman–Crippen MR) is 52.2 cm³/mol. The van der Waals surface area contributed by atoms with Crippen LogP contribution in [0.5, 0.6) is 5.75 Å². The molecule has 16 heavy (non-hydrogen) atoms. The summed E-state index contributed by atoms with van der Waals surface area (Å²) < 4.78 is 39.2. The molecule has 0 fully saturated rings. The molecule has 3 N–H and O–H groups in total. The highest BCUT2D eigenvalue weighted by atomic mass is 79.9. The molecule has 1 rings (SSSR count). The number of carboxylic acid groups (broad SMARTS) is 1. The molecule has 0 radical (unpaired) electrons. The topological polar surface area (TPSA) is 72.5 Å². The van der Waals surface area contributed by atoms with Gasteiger partial charge in [-0.05, 0) is 22.0 Å². The third-order valence-corrected chi connectivity index (χ3v) is 2.34. The Morgan fingerprint density at radius 3 is 2.44 bits per heavy atom. The monoisotopic (exact) mass is 299 g/mol. The summed E-state index contributed by atoms with van der Waals surface area (Å²) in [5.74, 6) is -2.10. The maximum absolute atomic E-state index is 12.0. The number of hydrogen-bond acceptors (Lipinski definition) is 3. The molecule has 0 aromatic heterocycles. The molecule has 0 atom stereocenters. The van der Waals surface area contributed by atoms with E-state index in [1.807, 2.05) is 0 Å². The highest BCUT2D eigenvalue weighted by Gasteiger charge is 2.33. The maximum Gasteiger partial charge on any atom is 0.573 e.